The van der Waals surface area contributed by atoms with E-state index >= 15 is 0 Å². The summed E-state index contributed by atoms with van der Waals surface area (Å²) in [5.41, 5.74) is 4.42. The number of esters is 1. The van der Waals surface area contributed by atoms with Crippen LogP contribution in [0.2, 0.25) is 0 Å². The van der Waals surface area contributed by atoms with Crippen LogP contribution in [0.25, 0.3) is 11.3 Å². The van der Waals surface area contributed by atoms with Gasteiger partial charge in [-0.3, -0.25) is 5.32 Å². The Morgan fingerprint density at radius 3 is 1.89 bits per heavy atom. The van der Waals surface area contributed by atoms with Crippen molar-refractivity contribution in [3.63, 3.8) is 0 Å². The second-order valence-electron chi connectivity index (χ2n) is 5.97. The monoisotopic (exact) mass is 365 g/mol. The second kappa shape index (κ2) is 7.99. The lowest BCUT2D eigenvalue weighted by Gasteiger charge is -2.12. The number of allylic oxidation sites excluding steroid dienone is 1. The Hall–Kier alpha value is -3.21. The highest BCUT2D eigenvalue weighted by Crippen LogP contribution is 2.40. The summed E-state index contributed by atoms with van der Waals surface area (Å²) in [6.07, 6.45) is 0. The smallest absolute Gasteiger partial charge is 0.340 e. The van der Waals surface area contributed by atoms with Crippen molar-refractivity contribution in [1.29, 1.82) is 0 Å². The van der Waals surface area contributed by atoms with Crippen LogP contribution >= 0.6 is 0 Å². The zero-order chi connectivity index (χ0) is 19.4. The first kappa shape index (κ1) is 18.6. The Morgan fingerprint density at radius 2 is 1.41 bits per heavy atom. The first-order chi connectivity index (χ1) is 13.1. The van der Waals surface area contributed by atoms with E-state index in [1.807, 2.05) is 55.5 Å². The molecule has 0 amide bonds. The van der Waals surface area contributed by atoms with E-state index in [1.54, 1.807) is 21.1 Å². The molecule has 0 atom stereocenters. The maximum absolute atomic E-state index is 12.6. The first-order valence-corrected chi connectivity index (χ1v) is 8.72. The fraction of sp³-hybridized carbons (Fsp3) is 0.227. The zero-order valence-corrected chi connectivity index (χ0v) is 15.9. The van der Waals surface area contributed by atoms with Crippen molar-refractivity contribution in [2.75, 3.05) is 20.8 Å². The average molecular weight is 365 g/mol. The predicted octanol–water partition coefficient (Wildman–Crippen LogP) is 4.03. The highest BCUT2D eigenvalue weighted by atomic mass is 16.5. The van der Waals surface area contributed by atoms with E-state index in [2.05, 4.69) is 5.32 Å². The van der Waals surface area contributed by atoms with Gasteiger partial charge in [-0.05, 0) is 55.8 Å². The van der Waals surface area contributed by atoms with Crippen LogP contribution in [-0.2, 0) is 9.53 Å². The molecule has 3 rings (SSSR count). The molecule has 1 aliphatic heterocycles. The Bertz CT molecular complexity index is 893. The van der Waals surface area contributed by atoms with Crippen LogP contribution in [0.1, 0.15) is 25.0 Å². The van der Waals surface area contributed by atoms with Crippen LogP contribution in [0, 0.1) is 0 Å². The van der Waals surface area contributed by atoms with Gasteiger partial charge in [0, 0.05) is 11.1 Å². The molecule has 27 heavy (non-hydrogen) atoms. The number of methoxy groups -OCH3 is 2. The summed E-state index contributed by atoms with van der Waals surface area (Å²) in [6.45, 7) is 3.93. The summed E-state index contributed by atoms with van der Waals surface area (Å²) in [5, 5.41) is 4.69. The van der Waals surface area contributed by atoms with E-state index in [0.717, 1.165) is 33.9 Å². The number of benzene rings is 2. The minimum Gasteiger partial charge on any atom is -0.497 e. The van der Waals surface area contributed by atoms with Gasteiger partial charge >= 0.3 is 5.97 Å². The summed E-state index contributed by atoms with van der Waals surface area (Å²) in [4.78, 5) is 12.6. The summed E-state index contributed by atoms with van der Waals surface area (Å²) in [5.74, 6) is 1.14. The standard InChI is InChI=1S/C22H22NO4/c1-5-27-22(24)19-14(2)23-21(16-8-12-18(26-4)13-9-16)20(19)15-6-10-17(25-3)11-7-15/h6-13H,5H2,1-4H3/i23+1. The molecule has 2 aromatic carbocycles. The highest BCUT2D eigenvalue weighted by Gasteiger charge is 2.31. The van der Waals surface area contributed by atoms with Crippen LogP contribution < -0.4 is 14.8 Å². The maximum Gasteiger partial charge on any atom is 0.340 e. The Kier molecular flexibility index (Phi) is 5.50. The van der Waals surface area contributed by atoms with Gasteiger partial charge in [0.2, 0.25) is 0 Å². The van der Waals surface area contributed by atoms with E-state index in [-0.39, 0.29) is 5.97 Å². The lowest BCUT2D eigenvalue weighted by molar-refractivity contribution is -0.138. The molecule has 1 heterocycles. The van der Waals surface area contributed by atoms with E-state index in [4.69, 9.17) is 14.2 Å². The van der Waals surface area contributed by atoms with Crippen molar-refractivity contribution < 1.29 is 19.0 Å². The van der Waals surface area contributed by atoms with Gasteiger partial charge in [0.1, 0.15) is 11.5 Å². The summed E-state index contributed by atoms with van der Waals surface area (Å²) >= 11 is 0. The molecule has 5 nitrogen and oxygen atoms in total. The lowest BCUT2D eigenvalue weighted by atomic mass is 9.95. The van der Waals surface area contributed by atoms with Gasteiger partial charge < -0.3 is 14.2 Å². The third kappa shape index (κ3) is 3.67. The van der Waals surface area contributed by atoms with E-state index in [9.17, 15) is 4.79 Å². The molecule has 0 spiro atoms. The minimum absolute atomic E-state index is 0.309. The molecule has 1 aliphatic rings. The number of hydrogen-bond acceptors (Lipinski definition) is 4. The third-order valence-electron chi connectivity index (χ3n) is 4.35. The molecule has 5 heteroatoms. The molecule has 0 saturated carbocycles. The number of carbonyl (C=O) groups is 1. The third-order valence-corrected chi connectivity index (χ3v) is 4.35. The highest BCUT2D eigenvalue weighted by molar-refractivity contribution is 6.16. The van der Waals surface area contributed by atoms with Gasteiger partial charge in [0.05, 0.1) is 37.8 Å². The van der Waals surface area contributed by atoms with Gasteiger partial charge in [-0.1, -0.05) is 12.1 Å². The van der Waals surface area contributed by atoms with Crippen LogP contribution in [0.5, 0.6) is 11.5 Å². The van der Waals surface area contributed by atoms with Crippen LogP contribution in [0.15, 0.2) is 59.8 Å². The quantitative estimate of drug-likeness (QED) is 0.573. The number of hydrogen-bond donors (Lipinski definition) is 0. The van der Waals surface area contributed by atoms with Crippen LogP contribution in [0.4, 0.5) is 0 Å². The number of nitrogens with zero attached hydrogens (tertiary/aromatic N) is 1. The fourth-order valence-corrected chi connectivity index (χ4v) is 3.03. The average Bonchev–Trinajstić information content (AvgIpc) is 3.05. The van der Waals surface area contributed by atoms with Crippen molar-refractivity contribution in [1.82, 2.24) is 5.32 Å². The Labute approximate surface area is 159 Å². The van der Waals surface area contributed by atoms with Crippen molar-refractivity contribution in [3.05, 3.63) is 70.9 Å². The molecule has 0 aromatic heterocycles. The molecular weight excluding hydrogens is 343 g/mol. The molecule has 0 bridgehead atoms. The van der Waals surface area contributed by atoms with Gasteiger partial charge in [0.15, 0.2) is 0 Å². The van der Waals surface area contributed by atoms with Crippen LogP contribution in [0.3, 0.4) is 0 Å². The lowest BCUT2D eigenvalue weighted by Crippen LogP contribution is -2.09. The summed E-state index contributed by atoms with van der Waals surface area (Å²) < 4.78 is 15.8. The van der Waals surface area contributed by atoms with Crippen LogP contribution in [-0.4, -0.2) is 26.8 Å². The molecule has 0 N–H and O–H groups in total. The number of rotatable bonds is 6. The molecule has 0 saturated heterocycles. The molecule has 1 radical (unpaired) electrons. The van der Waals surface area contributed by atoms with Gasteiger partial charge in [-0.15, -0.1) is 0 Å². The SMILES string of the molecule is CCOC(=O)C1=C(C)[15N]C(c2ccc(OC)cc2)=C1c1ccc(OC)cc1. The minimum atomic E-state index is -0.368. The molecule has 0 unspecified atom stereocenters. The van der Waals surface area contributed by atoms with Crippen molar-refractivity contribution >= 4 is 17.2 Å². The van der Waals surface area contributed by atoms with Gasteiger partial charge in [-0.25, -0.2) is 4.79 Å². The van der Waals surface area contributed by atoms with Crippen molar-refractivity contribution in [3.8, 4) is 11.5 Å². The maximum atomic E-state index is 12.6. The Morgan fingerprint density at radius 1 is 0.889 bits per heavy atom. The molecule has 0 aliphatic carbocycles. The fourth-order valence-electron chi connectivity index (χ4n) is 3.03. The normalized spacial score (nSPS) is 13.5. The van der Waals surface area contributed by atoms with Crippen molar-refractivity contribution in [2.24, 2.45) is 0 Å². The van der Waals surface area contributed by atoms with E-state index < -0.39 is 0 Å². The van der Waals surface area contributed by atoms with Crippen molar-refractivity contribution in [2.45, 2.75) is 13.8 Å². The topological polar surface area (TPSA) is 58.9 Å². The van der Waals surface area contributed by atoms with Gasteiger partial charge in [-0.2, -0.15) is 0 Å². The van der Waals surface area contributed by atoms with E-state index in [0.29, 0.717) is 17.9 Å². The molecular formula is C22H22NO4. The number of ether oxygens (including phenoxy) is 3. The van der Waals surface area contributed by atoms with Gasteiger partial charge in [0.25, 0.3) is 0 Å². The predicted molar refractivity (Wildman–Crippen MR) is 104 cm³/mol. The second-order valence-corrected chi connectivity index (χ2v) is 5.97. The summed E-state index contributed by atoms with van der Waals surface area (Å²) in [7, 11) is 3.25. The zero-order valence-electron chi connectivity index (χ0n) is 15.9. The molecule has 139 valence electrons. The summed E-state index contributed by atoms with van der Waals surface area (Å²) in [6, 6.07) is 15.2. The molecule has 0 fully saturated rings. The first-order valence-electron chi connectivity index (χ1n) is 8.72. The Balaban J connectivity index is 2.14. The van der Waals surface area contributed by atoms with E-state index in [1.165, 1.54) is 0 Å². The molecule has 2 aromatic rings. The largest absolute Gasteiger partial charge is 0.497 e. The number of carbonyl (C=O) groups excluding carboxylic acids is 1.